The first-order valence-electron chi connectivity index (χ1n) is 6.95. The average Bonchev–Trinajstić information content (AvgIpc) is 3.10. The van der Waals surface area contributed by atoms with Crippen molar-refractivity contribution in [2.24, 2.45) is 5.41 Å². The molecule has 2 fully saturated rings. The van der Waals surface area contributed by atoms with E-state index in [9.17, 15) is 9.90 Å². The number of rotatable bonds is 4. The fourth-order valence-electron chi connectivity index (χ4n) is 2.91. The molecule has 1 aromatic rings. The number of hydrogen-bond acceptors (Lipinski definition) is 6. The number of carbonyl (C=O) groups is 1. The molecule has 1 saturated heterocycles. The molecule has 3 rings (SSSR count). The molecule has 2 heterocycles. The molecule has 1 unspecified atom stereocenters. The molecule has 2 aliphatic rings. The van der Waals surface area contributed by atoms with E-state index in [-0.39, 0.29) is 5.25 Å². The molecule has 0 aromatic carbocycles. The minimum absolute atomic E-state index is 0.288. The van der Waals surface area contributed by atoms with Crippen LogP contribution in [-0.2, 0) is 11.2 Å². The molecule has 1 atom stereocenters. The number of aliphatic carboxylic acids is 1. The molecule has 7 heteroatoms. The fraction of sp³-hybridized carbons (Fsp3) is 0.769. The van der Waals surface area contributed by atoms with Gasteiger partial charge in [-0.15, -0.1) is 11.8 Å². The second kappa shape index (κ2) is 5.97. The van der Waals surface area contributed by atoms with E-state index in [1.165, 1.54) is 5.75 Å². The van der Waals surface area contributed by atoms with Gasteiger partial charge in [-0.3, -0.25) is 4.79 Å². The summed E-state index contributed by atoms with van der Waals surface area (Å²) in [6.07, 6.45) is 3.76. The van der Waals surface area contributed by atoms with Crippen molar-refractivity contribution < 1.29 is 14.4 Å². The van der Waals surface area contributed by atoms with Crippen molar-refractivity contribution in [3.63, 3.8) is 0 Å². The van der Waals surface area contributed by atoms with Gasteiger partial charge in [-0.25, -0.2) is 0 Å². The molecule has 0 spiro atoms. The minimum Gasteiger partial charge on any atom is -0.481 e. The van der Waals surface area contributed by atoms with Crippen molar-refractivity contribution in [2.75, 3.05) is 17.3 Å². The number of nitrogens with zero attached hydrogens (tertiary/aromatic N) is 2. The van der Waals surface area contributed by atoms with E-state index in [1.807, 2.05) is 23.5 Å². The van der Waals surface area contributed by atoms with Crippen LogP contribution in [0.25, 0.3) is 0 Å². The van der Waals surface area contributed by atoms with Crippen LogP contribution < -0.4 is 0 Å². The maximum atomic E-state index is 11.5. The highest BCUT2D eigenvalue weighted by molar-refractivity contribution is 8.06. The van der Waals surface area contributed by atoms with Crippen molar-refractivity contribution >= 4 is 29.5 Å². The number of hydrogen-bond donors (Lipinski definition) is 1. The SMILES string of the molecule is O=C(O)C1(Cc2nc(C3CSCCS3)no2)CCCC1. The van der Waals surface area contributed by atoms with Crippen molar-refractivity contribution in [1.82, 2.24) is 10.1 Å². The molecule has 1 aliphatic carbocycles. The molecule has 5 nitrogen and oxygen atoms in total. The first-order chi connectivity index (χ1) is 9.70. The summed E-state index contributed by atoms with van der Waals surface area (Å²) in [5.74, 6) is 3.79. The molecule has 110 valence electrons. The van der Waals surface area contributed by atoms with Crippen molar-refractivity contribution in [3.05, 3.63) is 11.7 Å². The smallest absolute Gasteiger partial charge is 0.310 e. The third kappa shape index (κ3) is 2.83. The van der Waals surface area contributed by atoms with E-state index < -0.39 is 11.4 Å². The van der Waals surface area contributed by atoms with Crippen LogP contribution in [0.15, 0.2) is 4.52 Å². The summed E-state index contributed by atoms with van der Waals surface area (Å²) in [6.45, 7) is 0. The maximum absolute atomic E-state index is 11.5. The Morgan fingerprint density at radius 1 is 1.40 bits per heavy atom. The van der Waals surface area contributed by atoms with Crippen molar-refractivity contribution in [1.29, 1.82) is 0 Å². The van der Waals surface area contributed by atoms with Gasteiger partial charge in [0, 0.05) is 23.7 Å². The molecule has 1 saturated carbocycles. The van der Waals surface area contributed by atoms with E-state index in [1.54, 1.807) is 0 Å². The van der Waals surface area contributed by atoms with Crippen molar-refractivity contribution in [2.45, 2.75) is 37.4 Å². The summed E-state index contributed by atoms with van der Waals surface area (Å²) in [5, 5.41) is 13.8. The molecule has 0 amide bonds. The first-order valence-corrected chi connectivity index (χ1v) is 9.15. The molecule has 1 aromatic heterocycles. The zero-order valence-electron chi connectivity index (χ0n) is 11.2. The number of carboxylic acids is 1. The van der Waals surface area contributed by atoms with E-state index >= 15 is 0 Å². The average molecular weight is 314 g/mol. The highest BCUT2D eigenvalue weighted by atomic mass is 32.2. The van der Waals surface area contributed by atoms with Gasteiger partial charge in [-0.1, -0.05) is 18.0 Å². The normalized spacial score (nSPS) is 25.7. The third-order valence-electron chi connectivity index (χ3n) is 4.09. The van der Waals surface area contributed by atoms with Crippen LogP contribution in [0.1, 0.15) is 42.6 Å². The molecule has 0 bridgehead atoms. The predicted octanol–water partition coefficient (Wildman–Crippen LogP) is 2.78. The largest absolute Gasteiger partial charge is 0.481 e. The van der Waals surface area contributed by atoms with Crippen molar-refractivity contribution in [3.8, 4) is 0 Å². The topological polar surface area (TPSA) is 76.2 Å². The summed E-state index contributed by atoms with van der Waals surface area (Å²) >= 11 is 3.76. The summed E-state index contributed by atoms with van der Waals surface area (Å²) < 4.78 is 5.31. The Kier molecular flexibility index (Phi) is 4.26. The van der Waals surface area contributed by atoms with Crippen LogP contribution in [0.2, 0.25) is 0 Å². The molecule has 1 N–H and O–H groups in total. The van der Waals surface area contributed by atoms with Crippen LogP contribution >= 0.6 is 23.5 Å². The van der Waals surface area contributed by atoms with E-state index in [0.717, 1.165) is 30.2 Å². The van der Waals surface area contributed by atoms with Gasteiger partial charge in [0.05, 0.1) is 10.7 Å². The molecular formula is C13H18N2O3S2. The molecule has 0 radical (unpaired) electrons. The van der Waals surface area contributed by atoms with Gasteiger partial charge in [0.1, 0.15) is 0 Å². The lowest BCUT2D eigenvalue weighted by molar-refractivity contribution is -0.148. The van der Waals surface area contributed by atoms with Crippen LogP contribution in [0.3, 0.4) is 0 Å². The number of carboxylic acid groups (broad SMARTS) is 1. The first kappa shape index (κ1) is 14.3. The van der Waals surface area contributed by atoms with Gasteiger partial charge < -0.3 is 9.63 Å². The molecular weight excluding hydrogens is 296 g/mol. The van der Waals surface area contributed by atoms with Crippen LogP contribution in [0, 0.1) is 5.41 Å². The standard InChI is InChI=1S/C13H18N2O3S2/c16-12(17)13(3-1-2-4-13)7-10-14-11(15-18-10)9-8-19-5-6-20-9/h9H,1-8H2,(H,16,17). The highest BCUT2D eigenvalue weighted by Gasteiger charge is 2.43. The summed E-state index contributed by atoms with van der Waals surface area (Å²) in [5.41, 5.74) is -0.682. The second-order valence-corrected chi connectivity index (χ2v) is 7.91. The van der Waals surface area contributed by atoms with Crippen LogP contribution in [-0.4, -0.2) is 38.5 Å². The zero-order valence-corrected chi connectivity index (χ0v) is 12.8. The van der Waals surface area contributed by atoms with Gasteiger partial charge >= 0.3 is 5.97 Å². The van der Waals surface area contributed by atoms with Crippen LogP contribution in [0.5, 0.6) is 0 Å². The lowest BCUT2D eigenvalue weighted by Gasteiger charge is -2.21. The van der Waals surface area contributed by atoms with E-state index in [0.29, 0.717) is 25.2 Å². The summed E-state index contributed by atoms with van der Waals surface area (Å²) in [6, 6.07) is 0. The lowest BCUT2D eigenvalue weighted by atomic mass is 9.83. The Labute approximate surface area is 126 Å². The summed E-state index contributed by atoms with van der Waals surface area (Å²) in [4.78, 5) is 16.0. The van der Waals surface area contributed by atoms with Gasteiger partial charge in [0.15, 0.2) is 5.82 Å². The van der Waals surface area contributed by atoms with Gasteiger partial charge in [-0.2, -0.15) is 16.7 Å². The van der Waals surface area contributed by atoms with E-state index in [4.69, 9.17) is 4.52 Å². The van der Waals surface area contributed by atoms with E-state index in [2.05, 4.69) is 10.1 Å². The highest BCUT2D eigenvalue weighted by Crippen LogP contribution is 2.41. The molecule has 20 heavy (non-hydrogen) atoms. The Morgan fingerprint density at radius 2 is 2.20 bits per heavy atom. The molecule has 1 aliphatic heterocycles. The Morgan fingerprint density at radius 3 is 2.85 bits per heavy atom. The van der Waals surface area contributed by atoms with Gasteiger partial charge in [0.25, 0.3) is 0 Å². The Bertz CT molecular complexity index is 480. The van der Waals surface area contributed by atoms with Gasteiger partial charge in [0.2, 0.25) is 5.89 Å². The quantitative estimate of drug-likeness (QED) is 0.915. The minimum atomic E-state index is -0.725. The second-order valence-electron chi connectivity index (χ2n) is 5.45. The fourth-order valence-corrected chi connectivity index (χ4v) is 5.50. The zero-order chi connectivity index (χ0) is 14.0. The number of aromatic nitrogens is 2. The Hall–Kier alpha value is -0.690. The lowest BCUT2D eigenvalue weighted by Crippen LogP contribution is -2.30. The Balaban J connectivity index is 1.71. The summed E-state index contributed by atoms with van der Waals surface area (Å²) in [7, 11) is 0. The monoisotopic (exact) mass is 314 g/mol. The van der Waals surface area contributed by atoms with Gasteiger partial charge in [-0.05, 0) is 12.8 Å². The number of thioether (sulfide) groups is 2. The van der Waals surface area contributed by atoms with Crippen LogP contribution in [0.4, 0.5) is 0 Å². The maximum Gasteiger partial charge on any atom is 0.310 e. The predicted molar refractivity (Wildman–Crippen MR) is 79.1 cm³/mol. The third-order valence-corrected chi connectivity index (χ3v) is 6.84.